The van der Waals surface area contributed by atoms with Crippen LogP contribution in [0.25, 0.3) is 11.4 Å². The fourth-order valence-electron chi connectivity index (χ4n) is 4.25. The minimum atomic E-state index is 0.383. The normalized spacial score (nSPS) is 12.6. The molecule has 2 heterocycles. The third kappa shape index (κ3) is 4.88. The monoisotopic (exact) mass is 513 g/mol. The van der Waals surface area contributed by atoms with Crippen LogP contribution < -0.4 is 21.1 Å². The average molecular weight is 514 g/mol. The molecule has 0 radical (unpaired) electrons. The Morgan fingerprint density at radius 2 is 1.95 bits per heavy atom. The highest BCUT2D eigenvalue weighted by Gasteiger charge is 2.20. The van der Waals surface area contributed by atoms with E-state index in [0.29, 0.717) is 27.8 Å². The lowest BCUT2D eigenvalue weighted by Crippen LogP contribution is -2.10. The first kappa shape index (κ1) is 24.4. The molecule has 9 heteroatoms. The molecule has 5 rings (SSSR count). The number of benzene rings is 2. The zero-order valence-electron chi connectivity index (χ0n) is 20.7. The number of halogens is 1. The zero-order valence-corrected chi connectivity index (χ0v) is 21.4. The minimum Gasteiger partial charge on any atom is -0.496 e. The van der Waals surface area contributed by atoms with Crippen molar-refractivity contribution in [2.45, 2.75) is 26.2 Å². The molecule has 1 aliphatic rings. The average Bonchev–Trinajstić information content (AvgIpc) is 3.25. The summed E-state index contributed by atoms with van der Waals surface area (Å²) in [6, 6.07) is 13.5. The summed E-state index contributed by atoms with van der Waals surface area (Å²) in [5.41, 5.74) is 13.8. The molecule has 5 N–H and O–H groups in total. The zero-order chi connectivity index (χ0) is 25.9. The van der Waals surface area contributed by atoms with Gasteiger partial charge in [-0.25, -0.2) is 4.68 Å². The van der Waals surface area contributed by atoms with Crippen molar-refractivity contribution in [1.29, 1.82) is 5.41 Å². The maximum Gasteiger partial charge on any atom is 0.155 e. The molecular weight excluding hydrogens is 486 g/mol. The summed E-state index contributed by atoms with van der Waals surface area (Å²) in [7, 11) is 1.68. The molecule has 0 unspecified atom stereocenters. The summed E-state index contributed by atoms with van der Waals surface area (Å²) in [6.45, 7) is 1.97. The van der Waals surface area contributed by atoms with Gasteiger partial charge in [-0.3, -0.25) is 4.98 Å². The molecule has 2 aromatic carbocycles. The fourth-order valence-corrected chi connectivity index (χ4v) is 4.53. The molecule has 4 aromatic rings. The molecule has 0 aliphatic heterocycles. The number of ether oxygens (including phenoxy) is 1. The Kier molecular flexibility index (Phi) is 6.83. The topological polar surface area (TPSA) is 114 Å². The second-order valence-corrected chi connectivity index (χ2v) is 9.26. The molecule has 37 heavy (non-hydrogen) atoms. The van der Waals surface area contributed by atoms with Crippen LogP contribution in [0.5, 0.6) is 5.75 Å². The minimum absolute atomic E-state index is 0.383. The first-order valence-electron chi connectivity index (χ1n) is 12.0. The van der Waals surface area contributed by atoms with Gasteiger partial charge >= 0.3 is 0 Å². The molecule has 1 aliphatic carbocycles. The molecular formula is C28H28ClN7O. The molecule has 0 amide bonds. The lowest BCUT2D eigenvalue weighted by Gasteiger charge is -2.25. The van der Waals surface area contributed by atoms with Crippen molar-refractivity contribution in [2.24, 2.45) is 0 Å². The summed E-state index contributed by atoms with van der Waals surface area (Å²) >= 11 is 6.47. The lowest BCUT2D eigenvalue weighted by atomic mass is 9.88. The van der Waals surface area contributed by atoms with E-state index < -0.39 is 0 Å². The van der Waals surface area contributed by atoms with Gasteiger partial charge in [0.2, 0.25) is 0 Å². The van der Waals surface area contributed by atoms with Crippen molar-refractivity contribution < 1.29 is 4.74 Å². The smallest absolute Gasteiger partial charge is 0.155 e. The van der Waals surface area contributed by atoms with Gasteiger partial charge in [-0.2, -0.15) is 0 Å². The number of hydrogen-bond acceptors (Lipinski definition) is 7. The van der Waals surface area contributed by atoms with Crippen molar-refractivity contribution in [3.8, 4) is 11.4 Å². The molecule has 0 bridgehead atoms. The summed E-state index contributed by atoms with van der Waals surface area (Å²) in [5, 5.41) is 19.6. The van der Waals surface area contributed by atoms with Crippen molar-refractivity contribution in [3.05, 3.63) is 88.3 Å². The Morgan fingerprint density at radius 1 is 1.16 bits per heavy atom. The van der Waals surface area contributed by atoms with Gasteiger partial charge in [-0.05, 0) is 68.2 Å². The first-order chi connectivity index (χ1) is 18.0. The van der Waals surface area contributed by atoms with Crippen LogP contribution in [-0.2, 0) is 0 Å². The van der Waals surface area contributed by atoms with E-state index in [1.807, 2.05) is 37.4 Å². The van der Waals surface area contributed by atoms with Crippen LogP contribution in [0, 0.1) is 12.3 Å². The highest BCUT2D eigenvalue weighted by Crippen LogP contribution is 2.38. The highest BCUT2D eigenvalue weighted by molar-refractivity contribution is 6.36. The number of nitrogens with two attached hydrogens (primary N) is 1. The van der Waals surface area contributed by atoms with Gasteiger partial charge in [0.1, 0.15) is 5.75 Å². The second kappa shape index (κ2) is 10.4. The fraction of sp³-hybridized carbons (Fsp3) is 0.179. The highest BCUT2D eigenvalue weighted by atomic mass is 35.5. The number of aromatic nitrogens is 3. The van der Waals surface area contributed by atoms with E-state index in [9.17, 15) is 0 Å². The van der Waals surface area contributed by atoms with Crippen LogP contribution in [0.4, 0.5) is 22.9 Å². The van der Waals surface area contributed by atoms with Gasteiger partial charge in [0.15, 0.2) is 5.82 Å². The van der Waals surface area contributed by atoms with Gasteiger partial charge in [0.25, 0.3) is 0 Å². The number of rotatable bonds is 8. The first-order valence-corrected chi connectivity index (χ1v) is 12.4. The number of nitrogens with one attached hydrogen (secondary N) is 3. The van der Waals surface area contributed by atoms with Crippen LogP contribution in [0.1, 0.15) is 36.0 Å². The van der Waals surface area contributed by atoms with Crippen LogP contribution in [0.3, 0.4) is 0 Å². The summed E-state index contributed by atoms with van der Waals surface area (Å²) in [5.74, 6) is 1.41. The lowest BCUT2D eigenvalue weighted by molar-refractivity contribution is 0.413. The number of nitrogens with zero attached hydrogens (tertiary/aromatic N) is 3. The molecule has 188 valence electrons. The van der Waals surface area contributed by atoms with E-state index in [4.69, 9.17) is 32.6 Å². The van der Waals surface area contributed by atoms with Crippen molar-refractivity contribution >= 4 is 46.4 Å². The SMILES string of the molecule is COc1cc(-n2cc(C)c(Nc3ccc(N)c(C=N)c3Cl)n2)ccc1C(Nc1ccncc1)=C1CCC1. The molecule has 8 nitrogen and oxygen atoms in total. The summed E-state index contributed by atoms with van der Waals surface area (Å²) in [6.07, 6.45) is 9.98. The molecule has 2 aromatic heterocycles. The van der Waals surface area contributed by atoms with E-state index in [2.05, 4.69) is 21.7 Å². The molecule has 1 saturated carbocycles. The number of pyridine rings is 1. The number of allylic oxidation sites excluding steroid dienone is 1. The van der Waals surface area contributed by atoms with Crippen LogP contribution in [0.15, 0.2) is 66.6 Å². The molecule has 1 fully saturated rings. The largest absolute Gasteiger partial charge is 0.496 e. The molecule has 0 saturated heterocycles. The van der Waals surface area contributed by atoms with E-state index in [1.165, 1.54) is 12.0 Å². The van der Waals surface area contributed by atoms with E-state index >= 15 is 0 Å². The van der Waals surface area contributed by atoms with E-state index in [0.717, 1.165) is 53.0 Å². The number of nitrogen functional groups attached to an aromatic ring is 1. The molecule has 0 atom stereocenters. The Labute approximate surface area is 220 Å². The standard InChI is InChI=1S/C28H28ClN7O/c1-17-16-36(35-28(17)34-24-9-8-23(31)22(15-30)26(24)29)20-6-7-21(25(14-20)37-2)27(18-4-3-5-18)33-19-10-12-32-13-11-19/h6-16,30H,3-5,31H2,1-2H3,(H,32,33)(H,34,35). The predicted molar refractivity (Wildman–Crippen MR) is 151 cm³/mol. The number of aryl methyl sites for hydroxylation is 1. The quantitative estimate of drug-likeness (QED) is 0.156. The van der Waals surface area contributed by atoms with Crippen molar-refractivity contribution in [3.63, 3.8) is 0 Å². The van der Waals surface area contributed by atoms with Crippen LogP contribution >= 0.6 is 11.6 Å². The van der Waals surface area contributed by atoms with Crippen LogP contribution in [0.2, 0.25) is 5.02 Å². The Balaban J connectivity index is 1.46. The summed E-state index contributed by atoms with van der Waals surface area (Å²) < 4.78 is 7.64. The van der Waals surface area contributed by atoms with Gasteiger partial charge in [-0.15, -0.1) is 5.10 Å². The van der Waals surface area contributed by atoms with Gasteiger partial charge in [0.05, 0.1) is 23.5 Å². The van der Waals surface area contributed by atoms with Crippen molar-refractivity contribution in [1.82, 2.24) is 14.8 Å². The van der Waals surface area contributed by atoms with Gasteiger partial charge in [-0.1, -0.05) is 11.6 Å². The Bertz CT molecular complexity index is 1490. The number of anilines is 4. The number of methoxy groups -OCH3 is 1. The molecule has 0 spiro atoms. The second-order valence-electron chi connectivity index (χ2n) is 8.88. The maximum atomic E-state index is 7.59. The van der Waals surface area contributed by atoms with E-state index in [1.54, 1.807) is 36.3 Å². The summed E-state index contributed by atoms with van der Waals surface area (Å²) in [4.78, 5) is 4.12. The third-order valence-corrected chi connectivity index (χ3v) is 6.89. The maximum absolute atomic E-state index is 7.59. The van der Waals surface area contributed by atoms with E-state index in [-0.39, 0.29) is 0 Å². The van der Waals surface area contributed by atoms with Crippen molar-refractivity contribution in [2.75, 3.05) is 23.5 Å². The van der Waals surface area contributed by atoms with Gasteiger partial charge in [0, 0.05) is 64.6 Å². The Hall–Kier alpha value is -4.30. The third-order valence-electron chi connectivity index (χ3n) is 6.49. The Morgan fingerprint density at radius 3 is 2.62 bits per heavy atom. The predicted octanol–water partition coefficient (Wildman–Crippen LogP) is 6.57. The van der Waals surface area contributed by atoms with Gasteiger partial charge < -0.3 is 26.5 Å². The number of hydrogen-bond donors (Lipinski definition) is 4. The van der Waals surface area contributed by atoms with Crippen LogP contribution in [-0.4, -0.2) is 28.1 Å².